The van der Waals surface area contributed by atoms with Crippen LogP contribution in [0.1, 0.15) is 57.9 Å². The van der Waals surface area contributed by atoms with Crippen molar-refractivity contribution in [1.82, 2.24) is 5.32 Å². The van der Waals surface area contributed by atoms with E-state index in [1.807, 2.05) is 0 Å². The zero-order chi connectivity index (χ0) is 16.3. The van der Waals surface area contributed by atoms with Gasteiger partial charge in [0.15, 0.2) is 0 Å². The van der Waals surface area contributed by atoms with Crippen LogP contribution in [0.5, 0.6) is 5.75 Å². The fraction of sp³-hybridized carbons (Fsp3) is 0.700. The highest BCUT2D eigenvalue weighted by Gasteiger charge is 2.37. The molecule has 2 aliphatic heterocycles. The molecule has 0 spiro atoms. The lowest BCUT2D eigenvalue weighted by Gasteiger charge is -2.44. The number of benzene rings is 1. The van der Waals surface area contributed by atoms with Crippen LogP contribution in [0.25, 0.3) is 0 Å². The summed E-state index contributed by atoms with van der Waals surface area (Å²) < 4.78 is 6.44. The summed E-state index contributed by atoms with van der Waals surface area (Å²) >= 11 is 0. The molecule has 1 saturated heterocycles. The van der Waals surface area contributed by atoms with Crippen LogP contribution in [0.2, 0.25) is 0 Å². The fourth-order valence-electron chi connectivity index (χ4n) is 3.96. The number of nitrogens with zero attached hydrogens (tertiary/aromatic N) is 1. The minimum atomic E-state index is -0.0255. The molecule has 1 fully saturated rings. The summed E-state index contributed by atoms with van der Waals surface area (Å²) in [5.41, 5.74) is 2.58. The van der Waals surface area contributed by atoms with Gasteiger partial charge in [-0.05, 0) is 63.3 Å². The lowest BCUT2D eigenvalue weighted by molar-refractivity contribution is 0.0571. The van der Waals surface area contributed by atoms with Crippen molar-refractivity contribution in [3.05, 3.63) is 23.8 Å². The first kappa shape index (κ1) is 16.6. The Labute approximate surface area is 141 Å². The molecule has 0 amide bonds. The van der Waals surface area contributed by atoms with Crippen LogP contribution >= 0.6 is 0 Å². The summed E-state index contributed by atoms with van der Waals surface area (Å²) in [5, 5.41) is 3.68. The second-order valence-electron chi connectivity index (χ2n) is 7.32. The summed E-state index contributed by atoms with van der Waals surface area (Å²) in [4.78, 5) is 2.58. The number of aryl methyl sites for hydroxylation is 1. The summed E-state index contributed by atoms with van der Waals surface area (Å²) in [6, 6.07) is 7.31. The number of ether oxygens (including phenoxy) is 1. The van der Waals surface area contributed by atoms with Crippen LogP contribution in [-0.4, -0.2) is 31.3 Å². The van der Waals surface area contributed by atoms with Crippen molar-refractivity contribution in [3.8, 4) is 5.75 Å². The molecule has 1 atom stereocenters. The number of rotatable bonds is 5. The summed E-state index contributed by atoms with van der Waals surface area (Å²) in [6.45, 7) is 10.0. The molecule has 3 nitrogen and oxygen atoms in total. The molecular formula is C20H32N2O. The second kappa shape index (κ2) is 7.12. The van der Waals surface area contributed by atoms with Gasteiger partial charge in [-0.1, -0.05) is 26.3 Å². The molecule has 2 aliphatic rings. The van der Waals surface area contributed by atoms with E-state index in [1.54, 1.807) is 0 Å². The molecular weight excluding hydrogens is 284 g/mol. The van der Waals surface area contributed by atoms with Gasteiger partial charge in [-0.15, -0.1) is 0 Å². The Bertz CT molecular complexity index is 518. The van der Waals surface area contributed by atoms with Crippen LogP contribution in [0.4, 0.5) is 5.69 Å². The average Bonchev–Trinajstić information content (AvgIpc) is 2.60. The SMILES string of the molecule is CCC1(CC)CN(CCC2CCCCN2)c2cc(C)ccc2O1. The maximum Gasteiger partial charge on any atom is 0.143 e. The smallest absolute Gasteiger partial charge is 0.143 e. The molecule has 1 aromatic rings. The Kier molecular flexibility index (Phi) is 5.15. The zero-order valence-electron chi connectivity index (χ0n) is 15.0. The van der Waals surface area contributed by atoms with E-state index in [0.29, 0.717) is 6.04 Å². The van der Waals surface area contributed by atoms with Gasteiger partial charge < -0.3 is 15.0 Å². The number of hydrogen-bond donors (Lipinski definition) is 1. The predicted molar refractivity (Wildman–Crippen MR) is 97.6 cm³/mol. The van der Waals surface area contributed by atoms with Gasteiger partial charge in [0.25, 0.3) is 0 Å². The molecule has 1 unspecified atom stereocenters. The zero-order valence-corrected chi connectivity index (χ0v) is 15.0. The normalized spacial score (nSPS) is 23.3. The van der Waals surface area contributed by atoms with Crippen LogP contribution < -0.4 is 15.0 Å². The molecule has 2 heterocycles. The van der Waals surface area contributed by atoms with Gasteiger partial charge in [-0.3, -0.25) is 0 Å². The van der Waals surface area contributed by atoms with Gasteiger partial charge in [0.1, 0.15) is 11.4 Å². The van der Waals surface area contributed by atoms with Gasteiger partial charge >= 0.3 is 0 Å². The molecule has 3 rings (SSSR count). The quantitative estimate of drug-likeness (QED) is 0.877. The van der Waals surface area contributed by atoms with Crippen LogP contribution in [0, 0.1) is 6.92 Å². The van der Waals surface area contributed by atoms with Gasteiger partial charge in [-0.25, -0.2) is 0 Å². The van der Waals surface area contributed by atoms with E-state index in [-0.39, 0.29) is 5.60 Å². The molecule has 3 heteroatoms. The van der Waals surface area contributed by atoms with Gasteiger partial charge in [0.05, 0.1) is 12.2 Å². The van der Waals surface area contributed by atoms with E-state index in [0.717, 1.165) is 31.7 Å². The Balaban J connectivity index is 1.77. The third-order valence-corrected chi connectivity index (χ3v) is 5.71. The summed E-state index contributed by atoms with van der Waals surface area (Å²) in [5.74, 6) is 1.07. The van der Waals surface area contributed by atoms with E-state index in [1.165, 1.54) is 43.5 Å². The predicted octanol–water partition coefficient (Wildman–Crippen LogP) is 4.28. The van der Waals surface area contributed by atoms with Crippen LogP contribution in [-0.2, 0) is 0 Å². The highest BCUT2D eigenvalue weighted by atomic mass is 16.5. The Morgan fingerprint density at radius 2 is 2.09 bits per heavy atom. The van der Waals surface area contributed by atoms with Gasteiger partial charge in [0, 0.05) is 12.6 Å². The number of fused-ring (bicyclic) bond motifs is 1. The largest absolute Gasteiger partial charge is 0.483 e. The highest BCUT2D eigenvalue weighted by molar-refractivity contribution is 5.62. The van der Waals surface area contributed by atoms with Crippen molar-refractivity contribution in [1.29, 1.82) is 0 Å². The van der Waals surface area contributed by atoms with Crippen molar-refractivity contribution in [2.45, 2.75) is 70.9 Å². The van der Waals surface area contributed by atoms with Crippen LogP contribution in [0.3, 0.4) is 0 Å². The van der Waals surface area contributed by atoms with Gasteiger partial charge in [-0.2, -0.15) is 0 Å². The summed E-state index contributed by atoms with van der Waals surface area (Å²) in [6.07, 6.45) is 7.41. The minimum Gasteiger partial charge on any atom is -0.483 e. The first-order valence-corrected chi connectivity index (χ1v) is 9.44. The first-order chi connectivity index (χ1) is 11.2. The standard InChI is InChI=1S/C20H32N2O/c1-4-20(5-2)15-22(13-11-17-8-6-7-12-21-17)18-14-16(3)9-10-19(18)23-20/h9-10,14,17,21H,4-8,11-13,15H2,1-3H3. The number of piperidine rings is 1. The van der Waals surface area contributed by atoms with Crippen molar-refractivity contribution < 1.29 is 4.74 Å². The molecule has 0 radical (unpaired) electrons. The maximum absolute atomic E-state index is 6.44. The Morgan fingerprint density at radius 1 is 1.26 bits per heavy atom. The Morgan fingerprint density at radius 3 is 2.78 bits per heavy atom. The number of hydrogen-bond acceptors (Lipinski definition) is 3. The molecule has 0 bridgehead atoms. The van der Waals surface area contributed by atoms with E-state index in [4.69, 9.17) is 4.74 Å². The molecule has 0 aliphatic carbocycles. The molecule has 23 heavy (non-hydrogen) atoms. The molecule has 1 N–H and O–H groups in total. The number of anilines is 1. The Hall–Kier alpha value is -1.22. The summed E-state index contributed by atoms with van der Waals surface area (Å²) in [7, 11) is 0. The minimum absolute atomic E-state index is 0.0255. The molecule has 0 saturated carbocycles. The van der Waals surface area contributed by atoms with E-state index >= 15 is 0 Å². The van der Waals surface area contributed by atoms with Crippen LogP contribution in [0.15, 0.2) is 18.2 Å². The molecule has 128 valence electrons. The molecule has 0 aromatic heterocycles. The lowest BCUT2D eigenvalue weighted by atomic mass is 9.93. The third-order valence-electron chi connectivity index (χ3n) is 5.71. The third kappa shape index (κ3) is 3.65. The van der Waals surface area contributed by atoms with E-state index in [9.17, 15) is 0 Å². The maximum atomic E-state index is 6.44. The van der Waals surface area contributed by atoms with Crippen molar-refractivity contribution in [2.24, 2.45) is 0 Å². The van der Waals surface area contributed by atoms with Crippen molar-refractivity contribution >= 4 is 5.69 Å². The fourth-order valence-corrected chi connectivity index (χ4v) is 3.96. The first-order valence-electron chi connectivity index (χ1n) is 9.44. The topological polar surface area (TPSA) is 24.5 Å². The second-order valence-corrected chi connectivity index (χ2v) is 7.32. The van der Waals surface area contributed by atoms with Crippen molar-refractivity contribution in [2.75, 3.05) is 24.5 Å². The van der Waals surface area contributed by atoms with E-state index < -0.39 is 0 Å². The lowest BCUT2D eigenvalue weighted by Crippen LogP contribution is -2.51. The van der Waals surface area contributed by atoms with Gasteiger partial charge in [0.2, 0.25) is 0 Å². The average molecular weight is 316 g/mol. The van der Waals surface area contributed by atoms with E-state index in [2.05, 4.69) is 49.2 Å². The highest BCUT2D eigenvalue weighted by Crippen LogP contribution is 2.40. The molecule has 1 aromatic carbocycles. The number of nitrogens with one attached hydrogen (secondary N) is 1. The monoisotopic (exact) mass is 316 g/mol. The van der Waals surface area contributed by atoms with Crippen molar-refractivity contribution in [3.63, 3.8) is 0 Å².